The minimum absolute atomic E-state index is 0.0845. The van der Waals surface area contributed by atoms with Gasteiger partial charge in [-0.15, -0.1) is 0 Å². The molecular weight excluding hydrogens is 284 g/mol. The predicted octanol–water partition coefficient (Wildman–Crippen LogP) is 1.13. The number of aliphatic hydroxyl groups is 1. The average Bonchev–Trinajstić information content (AvgIpc) is 2.34. The number of benzene rings is 1. The van der Waals surface area contributed by atoms with Gasteiger partial charge < -0.3 is 10.0 Å². The molecule has 8 heteroatoms. The normalized spacial score (nSPS) is 13.0. The van der Waals surface area contributed by atoms with Crippen LogP contribution in [0.5, 0.6) is 0 Å². The van der Waals surface area contributed by atoms with Gasteiger partial charge in [0.15, 0.2) is 0 Å². The van der Waals surface area contributed by atoms with Crippen LogP contribution in [-0.4, -0.2) is 44.0 Å². The first-order chi connectivity index (χ1) is 9.11. The van der Waals surface area contributed by atoms with Gasteiger partial charge in [-0.1, -0.05) is 6.07 Å². The Hall–Kier alpha value is -1.67. The highest BCUT2D eigenvalue weighted by atomic mass is 32.2. The molecule has 1 unspecified atom stereocenters. The molecule has 1 N–H and O–H groups in total. The first-order valence-corrected chi connectivity index (χ1v) is 8.03. The first-order valence-electron chi connectivity index (χ1n) is 5.97. The number of anilines is 1. The van der Waals surface area contributed by atoms with Crippen LogP contribution >= 0.6 is 0 Å². The zero-order chi connectivity index (χ0) is 15.5. The molecule has 20 heavy (non-hydrogen) atoms. The molecule has 0 aliphatic carbocycles. The molecule has 112 valence electrons. The highest BCUT2D eigenvalue weighted by Gasteiger charge is 2.19. The van der Waals surface area contributed by atoms with Crippen LogP contribution < -0.4 is 4.90 Å². The van der Waals surface area contributed by atoms with Crippen LogP contribution in [0.15, 0.2) is 18.2 Å². The summed E-state index contributed by atoms with van der Waals surface area (Å²) in [5.41, 5.74) is 0.611. The van der Waals surface area contributed by atoms with E-state index in [4.69, 9.17) is 0 Å². The van der Waals surface area contributed by atoms with Gasteiger partial charge in [0.25, 0.3) is 5.69 Å². The lowest BCUT2D eigenvalue weighted by molar-refractivity contribution is -0.384. The summed E-state index contributed by atoms with van der Waals surface area (Å²) in [7, 11) is -1.54. The third kappa shape index (κ3) is 4.46. The Labute approximate surface area is 117 Å². The van der Waals surface area contributed by atoms with Gasteiger partial charge in [0.1, 0.15) is 15.5 Å². The molecule has 1 aromatic rings. The summed E-state index contributed by atoms with van der Waals surface area (Å²) in [4.78, 5) is 12.1. The van der Waals surface area contributed by atoms with Crippen molar-refractivity contribution in [2.24, 2.45) is 0 Å². The van der Waals surface area contributed by atoms with E-state index in [0.717, 1.165) is 6.26 Å². The Balaban J connectivity index is 3.07. The summed E-state index contributed by atoms with van der Waals surface area (Å²) in [5, 5.41) is 20.5. The van der Waals surface area contributed by atoms with Crippen LogP contribution in [0.3, 0.4) is 0 Å². The summed E-state index contributed by atoms with van der Waals surface area (Å²) < 4.78 is 22.3. The molecule has 0 aromatic heterocycles. The van der Waals surface area contributed by atoms with Crippen LogP contribution in [0, 0.1) is 10.1 Å². The lowest BCUT2D eigenvalue weighted by Crippen LogP contribution is -2.25. The standard InChI is InChI=1S/C12H18N2O5S/c1-9(15)10-4-5-11(12(8-10)14(16)17)13(2)6-7-20(3,18)19/h4-5,8-9,15H,6-7H2,1-3H3. The van der Waals surface area contributed by atoms with Crippen LogP contribution in [0.25, 0.3) is 0 Å². The zero-order valence-corrected chi connectivity index (χ0v) is 12.4. The Bertz CT molecular complexity index is 598. The van der Waals surface area contributed by atoms with E-state index in [9.17, 15) is 23.6 Å². The summed E-state index contributed by atoms with van der Waals surface area (Å²) in [6.45, 7) is 1.68. The topological polar surface area (TPSA) is 101 Å². The molecule has 0 saturated heterocycles. The minimum Gasteiger partial charge on any atom is -0.389 e. The molecule has 0 fully saturated rings. The van der Waals surface area contributed by atoms with Crippen molar-refractivity contribution in [2.45, 2.75) is 13.0 Å². The van der Waals surface area contributed by atoms with E-state index in [1.807, 2.05) is 0 Å². The Morgan fingerprint density at radius 1 is 1.45 bits per heavy atom. The average molecular weight is 302 g/mol. The van der Waals surface area contributed by atoms with Crippen molar-refractivity contribution in [3.63, 3.8) is 0 Å². The molecule has 1 aromatic carbocycles. The van der Waals surface area contributed by atoms with Gasteiger partial charge in [0.2, 0.25) is 0 Å². The molecule has 0 bridgehead atoms. The van der Waals surface area contributed by atoms with Crippen LogP contribution in [0.2, 0.25) is 0 Å². The van der Waals surface area contributed by atoms with E-state index < -0.39 is 20.9 Å². The molecule has 0 radical (unpaired) electrons. The van der Waals surface area contributed by atoms with Crippen molar-refractivity contribution in [1.29, 1.82) is 0 Å². The van der Waals surface area contributed by atoms with Crippen molar-refractivity contribution in [3.05, 3.63) is 33.9 Å². The van der Waals surface area contributed by atoms with E-state index in [-0.39, 0.29) is 18.0 Å². The maximum Gasteiger partial charge on any atom is 0.292 e. The van der Waals surface area contributed by atoms with Gasteiger partial charge >= 0.3 is 0 Å². The Morgan fingerprint density at radius 3 is 2.50 bits per heavy atom. The second-order valence-corrected chi connectivity index (χ2v) is 6.99. The number of aliphatic hydroxyl groups excluding tert-OH is 1. The van der Waals surface area contributed by atoms with Crippen LogP contribution in [0.4, 0.5) is 11.4 Å². The smallest absolute Gasteiger partial charge is 0.292 e. The summed E-state index contributed by atoms with van der Waals surface area (Å²) in [6.07, 6.45) is 0.315. The largest absolute Gasteiger partial charge is 0.389 e. The fourth-order valence-corrected chi connectivity index (χ4v) is 2.30. The SMILES string of the molecule is CC(O)c1ccc(N(C)CCS(C)(=O)=O)c([N+](=O)[O-])c1. The van der Waals surface area contributed by atoms with E-state index in [2.05, 4.69) is 0 Å². The predicted molar refractivity (Wildman–Crippen MR) is 76.7 cm³/mol. The molecular formula is C12H18N2O5S. The number of nitro groups is 1. The van der Waals surface area contributed by atoms with Crippen molar-refractivity contribution in [3.8, 4) is 0 Å². The Kier molecular flexibility index (Phi) is 5.07. The first kappa shape index (κ1) is 16.4. The number of rotatable bonds is 6. The lowest BCUT2D eigenvalue weighted by Gasteiger charge is -2.19. The van der Waals surface area contributed by atoms with Gasteiger partial charge in [-0.2, -0.15) is 0 Å². The van der Waals surface area contributed by atoms with Gasteiger partial charge in [-0.25, -0.2) is 8.42 Å². The summed E-state index contributed by atoms with van der Waals surface area (Å²) >= 11 is 0. The van der Waals surface area contributed by atoms with Crippen molar-refractivity contribution < 1.29 is 18.4 Å². The highest BCUT2D eigenvalue weighted by Crippen LogP contribution is 2.30. The van der Waals surface area contributed by atoms with Gasteiger partial charge in [0.05, 0.1) is 16.8 Å². The minimum atomic E-state index is -3.13. The Morgan fingerprint density at radius 2 is 2.05 bits per heavy atom. The van der Waals surface area contributed by atoms with E-state index >= 15 is 0 Å². The fraction of sp³-hybridized carbons (Fsp3) is 0.500. The molecule has 0 aliphatic rings. The molecule has 0 heterocycles. The van der Waals surface area contributed by atoms with E-state index in [1.54, 1.807) is 13.1 Å². The second-order valence-electron chi connectivity index (χ2n) is 4.73. The van der Waals surface area contributed by atoms with E-state index in [0.29, 0.717) is 11.3 Å². The third-order valence-corrected chi connectivity index (χ3v) is 3.81. The molecule has 0 saturated carbocycles. The molecule has 1 atom stereocenters. The lowest BCUT2D eigenvalue weighted by atomic mass is 10.1. The van der Waals surface area contributed by atoms with Gasteiger partial charge in [0, 0.05) is 25.9 Å². The third-order valence-electron chi connectivity index (χ3n) is 2.89. The number of nitro benzene ring substituents is 1. The zero-order valence-electron chi connectivity index (χ0n) is 11.6. The summed E-state index contributed by atoms with van der Waals surface area (Å²) in [6, 6.07) is 4.41. The number of sulfone groups is 1. The molecule has 0 amide bonds. The van der Waals surface area contributed by atoms with Crippen molar-refractivity contribution >= 4 is 21.2 Å². The van der Waals surface area contributed by atoms with Crippen LogP contribution in [-0.2, 0) is 9.84 Å². The fourth-order valence-electron chi connectivity index (χ4n) is 1.69. The molecule has 0 spiro atoms. The molecule has 0 aliphatic heterocycles. The van der Waals surface area contributed by atoms with Crippen molar-refractivity contribution in [1.82, 2.24) is 0 Å². The number of hydrogen-bond donors (Lipinski definition) is 1. The van der Waals surface area contributed by atoms with Gasteiger partial charge in [-0.3, -0.25) is 10.1 Å². The van der Waals surface area contributed by atoms with Gasteiger partial charge in [-0.05, 0) is 18.6 Å². The highest BCUT2D eigenvalue weighted by molar-refractivity contribution is 7.90. The van der Waals surface area contributed by atoms with Crippen LogP contribution in [0.1, 0.15) is 18.6 Å². The second kappa shape index (κ2) is 6.19. The van der Waals surface area contributed by atoms with Crippen molar-refractivity contribution in [2.75, 3.05) is 30.5 Å². The number of nitrogens with zero attached hydrogens (tertiary/aromatic N) is 2. The van der Waals surface area contributed by atoms with E-state index in [1.165, 1.54) is 24.0 Å². The summed E-state index contributed by atoms with van der Waals surface area (Å²) in [5.74, 6) is -0.0845. The monoisotopic (exact) mass is 302 g/mol. The maximum atomic E-state index is 11.1. The maximum absolute atomic E-state index is 11.1. The molecule has 7 nitrogen and oxygen atoms in total. The molecule has 1 rings (SSSR count). The quantitative estimate of drug-likeness (QED) is 0.624. The number of hydrogen-bond acceptors (Lipinski definition) is 6.